The third-order valence-electron chi connectivity index (χ3n) is 2.57. The molecule has 0 atom stereocenters. The van der Waals surface area contributed by atoms with Crippen LogP contribution in [-0.4, -0.2) is 5.16 Å². The molecule has 1 aliphatic carbocycles. The third-order valence-corrected chi connectivity index (χ3v) is 2.57. The highest BCUT2D eigenvalue weighted by Gasteiger charge is 2.25. The van der Waals surface area contributed by atoms with Gasteiger partial charge in [-0.25, -0.2) is 0 Å². The average molecular weight is 180 g/mol. The molecule has 1 aliphatic rings. The summed E-state index contributed by atoms with van der Waals surface area (Å²) in [5.41, 5.74) is 6.87. The first-order valence-corrected chi connectivity index (χ1v) is 5.04. The number of nitrogens with two attached hydrogens (primary N) is 1. The number of hydrogen-bond donors (Lipinski definition) is 1. The molecule has 0 aromatic carbocycles. The van der Waals surface area contributed by atoms with Crippen molar-refractivity contribution in [3.8, 4) is 0 Å². The first kappa shape index (κ1) is 8.60. The second kappa shape index (κ2) is 3.40. The van der Waals surface area contributed by atoms with Crippen molar-refractivity contribution in [3.05, 3.63) is 11.3 Å². The average Bonchev–Trinajstić information content (AvgIpc) is 2.86. The molecule has 2 N–H and O–H groups in total. The van der Waals surface area contributed by atoms with Gasteiger partial charge in [-0.15, -0.1) is 0 Å². The van der Waals surface area contributed by atoms with Gasteiger partial charge < -0.3 is 10.3 Å². The summed E-state index contributed by atoms with van der Waals surface area (Å²) in [6.45, 7) is 2.15. The van der Waals surface area contributed by atoms with E-state index < -0.39 is 0 Å². The van der Waals surface area contributed by atoms with Gasteiger partial charge in [0.05, 0.1) is 0 Å². The van der Waals surface area contributed by atoms with Crippen LogP contribution in [0, 0.1) is 5.92 Å². The van der Waals surface area contributed by atoms with Gasteiger partial charge in [0.2, 0.25) is 0 Å². The molecule has 0 saturated heterocycles. The molecular weight excluding hydrogens is 164 g/mol. The van der Waals surface area contributed by atoms with Gasteiger partial charge in [-0.2, -0.15) is 0 Å². The molecule has 0 spiro atoms. The van der Waals surface area contributed by atoms with Crippen LogP contribution in [0.25, 0.3) is 0 Å². The molecule has 1 aromatic rings. The molecule has 1 saturated carbocycles. The van der Waals surface area contributed by atoms with Gasteiger partial charge in [-0.05, 0) is 25.2 Å². The van der Waals surface area contributed by atoms with E-state index >= 15 is 0 Å². The minimum Gasteiger partial charge on any atom is -0.381 e. The lowest BCUT2D eigenvalue weighted by Gasteiger charge is -1.98. The van der Waals surface area contributed by atoms with Crippen molar-refractivity contribution in [2.45, 2.75) is 39.0 Å². The quantitative estimate of drug-likeness (QED) is 0.772. The number of hydrogen-bond acceptors (Lipinski definition) is 3. The highest BCUT2D eigenvalue weighted by Crippen LogP contribution is 2.34. The van der Waals surface area contributed by atoms with E-state index in [2.05, 4.69) is 12.1 Å². The molecule has 2 rings (SSSR count). The van der Waals surface area contributed by atoms with Crippen molar-refractivity contribution < 1.29 is 4.52 Å². The summed E-state index contributed by atoms with van der Waals surface area (Å²) in [5.74, 6) is 2.46. The van der Waals surface area contributed by atoms with Crippen molar-refractivity contribution in [2.75, 3.05) is 5.73 Å². The molecule has 0 amide bonds. The summed E-state index contributed by atoms with van der Waals surface area (Å²) in [6.07, 6.45) is 5.82. The number of anilines is 1. The van der Waals surface area contributed by atoms with Crippen LogP contribution in [0.15, 0.2) is 4.52 Å². The highest BCUT2D eigenvalue weighted by molar-refractivity contribution is 5.40. The fourth-order valence-electron chi connectivity index (χ4n) is 1.62. The second-order valence-electron chi connectivity index (χ2n) is 3.87. The van der Waals surface area contributed by atoms with Crippen molar-refractivity contribution in [1.82, 2.24) is 5.16 Å². The van der Waals surface area contributed by atoms with Gasteiger partial charge in [-0.3, -0.25) is 0 Å². The summed E-state index contributed by atoms with van der Waals surface area (Å²) < 4.78 is 5.22. The van der Waals surface area contributed by atoms with Crippen LogP contribution in [0.3, 0.4) is 0 Å². The topological polar surface area (TPSA) is 52.0 Å². The largest absolute Gasteiger partial charge is 0.381 e. The van der Waals surface area contributed by atoms with E-state index in [1.54, 1.807) is 0 Å². The molecule has 0 aliphatic heterocycles. The van der Waals surface area contributed by atoms with E-state index in [4.69, 9.17) is 10.3 Å². The molecule has 3 nitrogen and oxygen atoms in total. The Morgan fingerprint density at radius 1 is 1.54 bits per heavy atom. The highest BCUT2D eigenvalue weighted by atomic mass is 16.5. The van der Waals surface area contributed by atoms with Gasteiger partial charge in [0, 0.05) is 12.0 Å². The lowest BCUT2D eigenvalue weighted by molar-refractivity contribution is 0.378. The molecule has 72 valence electrons. The van der Waals surface area contributed by atoms with Crippen LogP contribution < -0.4 is 5.73 Å². The lowest BCUT2D eigenvalue weighted by Crippen LogP contribution is -1.95. The maximum absolute atomic E-state index is 5.72. The fourth-order valence-corrected chi connectivity index (χ4v) is 1.62. The molecule has 1 aromatic heterocycles. The van der Waals surface area contributed by atoms with E-state index in [0.717, 1.165) is 36.5 Å². The van der Waals surface area contributed by atoms with Crippen molar-refractivity contribution in [3.63, 3.8) is 0 Å². The normalized spacial score (nSPS) is 16.4. The SMILES string of the molecule is CCCc1c(N)noc1CC1CC1. The van der Waals surface area contributed by atoms with Crippen LogP contribution in [-0.2, 0) is 12.8 Å². The Kier molecular flexibility index (Phi) is 2.25. The molecule has 1 heterocycles. The summed E-state index contributed by atoms with van der Waals surface area (Å²) in [4.78, 5) is 0. The van der Waals surface area contributed by atoms with Gasteiger partial charge in [0.25, 0.3) is 0 Å². The molecule has 0 unspecified atom stereocenters. The standard InChI is InChI=1S/C10H16N2O/c1-2-3-8-9(6-7-4-5-7)13-12-10(8)11/h7H,2-6H2,1H3,(H2,11,12). The van der Waals surface area contributed by atoms with Crippen molar-refractivity contribution in [1.29, 1.82) is 0 Å². The predicted octanol–water partition coefficient (Wildman–Crippen LogP) is 2.16. The summed E-state index contributed by atoms with van der Waals surface area (Å²) >= 11 is 0. The molecule has 1 fully saturated rings. The van der Waals surface area contributed by atoms with E-state index in [0.29, 0.717) is 5.82 Å². The van der Waals surface area contributed by atoms with Crippen LogP contribution in [0.4, 0.5) is 5.82 Å². The van der Waals surface area contributed by atoms with Gasteiger partial charge in [0.1, 0.15) is 5.76 Å². The van der Waals surface area contributed by atoms with Crippen LogP contribution in [0.5, 0.6) is 0 Å². The Hall–Kier alpha value is -0.990. The Morgan fingerprint density at radius 2 is 2.31 bits per heavy atom. The zero-order valence-electron chi connectivity index (χ0n) is 8.05. The van der Waals surface area contributed by atoms with E-state index in [1.807, 2.05) is 0 Å². The zero-order chi connectivity index (χ0) is 9.26. The number of nitrogens with zero attached hydrogens (tertiary/aromatic N) is 1. The fraction of sp³-hybridized carbons (Fsp3) is 0.700. The van der Waals surface area contributed by atoms with E-state index in [-0.39, 0.29) is 0 Å². The Balaban J connectivity index is 2.12. The van der Waals surface area contributed by atoms with Crippen LogP contribution in [0.1, 0.15) is 37.5 Å². The predicted molar refractivity (Wildman–Crippen MR) is 51.3 cm³/mol. The van der Waals surface area contributed by atoms with Crippen LogP contribution in [0.2, 0.25) is 0 Å². The number of nitrogen functional groups attached to an aromatic ring is 1. The third kappa shape index (κ3) is 1.85. The lowest BCUT2D eigenvalue weighted by atomic mass is 10.1. The molecule has 13 heavy (non-hydrogen) atoms. The summed E-state index contributed by atoms with van der Waals surface area (Å²) in [7, 11) is 0. The zero-order valence-corrected chi connectivity index (χ0v) is 8.05. The molecule has 0 bridgehead atoms. The summed E-state index contributed by atoms with van der Waals surface area (Å²) in [5, 5.41) is 3.82. The minimum atomic E-state index is 0.595. The maximum atomic E-state index is 5.72. The minimum absolute atomic E-state index is 0.595. The number of rotatable bonds is 4. The Morgan fingerprint density at radius 3 is 2.92 bits per heavy atom. The van der Waals surface area contributed by atoms with E-state index in [9.17, 15) is 0 Å². The van der Waals surface area contributed by atoms with Crippen molar-refractivity contribution in [2.24, 2.45) is 5.92 Å². The second-order valence-corrected chi connectivity index (χ2v) is 3.87. The first-order valence-electron chi connectivity index (χ1n) is 5.04. The maximum Gasteiger partial charge on any atom is 0.170 e. The Bertz CT molecular complexity index is 289. The summed E-state index contributed by atoms with van der Waals surface area (Å²) in [6, 6.07) is 0. The monoisotopic (exact) mass is 180 g/mol. The molecule has 3 heteroatoms. The van der Waals surface area contributed by atoms with Gasteiger partial charge in [-0.1, -0.05) is 18.5 Å². The molecular formula is C10H16N2O. The first-order chi connectivity index (χ1) is 6.31. The van der Waals surface area contributed by atoms with Gasteiger partial charge >= 0.3 is 0 Å². The van der Waals surface area contributed by atoms with E-state index in [1.165, 1.54) is 12.8 Å². The Labute approximate surface area is 78.3 Å². The van der Waals surface area contributed by atoms with Crippen LogP contribution >= 0.6 is 0 Å². The number of aromatic nitrogens is 1. The van der Waals surface area contributed by atoms with Crippen molar-refractivity contribution >= 4 is 5.82 Å². The van der Waals surface area contributed by atoms with Gasteiger partial charge in [0.15, 0.2) is 5.82 Å². The smallest absolute Gasteiger partial charge is 0.170 e. The molecule has 0 radical (unpaired) electrons.